The second-order valence-corrected chi connectivity index (χ2v) is 7.98. The number of halogens is 2. The molecule has 1 N–H and O–H groups in total. The molecule has 2 aromatic heterocycles. The molecule has 6 nitrogen and oxygen atoms in total. The summed E-state index contributed by atoms with van der Waals surface area (Å²) < 4.78 is 34.8. The Morgan fingerprint density at radius 3 is 2.85 bits per heavy atom. The summed E-state index contributed by atoms with van der Waals surface area (Å²) in [6.07, 6.45) is -2.20. The Bertz CT molecular complexity index is 1060. The van der Waals surface area contributed by atoms with Crippen LogP contribution in [0.2, 0.25) is 0 Å². The van der Waals surface area contributed by atoms with Gasteiger partial charge in [-0.05, 0) is 31.5 Å². The van der Waals surface area contributed by atoms with Crippen molar-refractivity contribution in [3.63, 3.8) is 0 Å². The van der Waals surface area contributed by atoms with Gasteiger partial charge in [0.25, 0.3) is 0 Å². The number of aromatic nitrogens is 2. The molecule has 0 saturated heterocycles. The first-order chi connectivity index (χ1) is 12.8. The van der Waals surface area contributed by atoms with Crippen LogP contribution >= 0.6 is 23.1 Å². The number of rotatable bonds is 4. The SMILES string of the molecule is Cc1sc2ncnc(SCC(=O)Nc3ccc4c(c3)OC(F)(F)O4)c2c1C. The van der Waals surface area contributed by atoms with Gasteiger partial charge in [-0.15, -0.1) is 20.1 Å². The highest BCUT2D eigenvalue weighted by atomic mass is 32.2. The van der Waals surface area contributed by atoms with Gasteiger partial charge in [0.05, 0.1) is 5.75 Å². The number of aryl methyl sites for hydroxylation is 2. The van der Waals surface area contributed by atoms with Crippen LogP contribution in [0.5, 0.6) is 11.5 Å². The number of anilines is 1. The molecule has 0 radical (unpaired) electrons. The molecule has 10 heteroatoms. The average Bonchev–Trinajstić information content (AvgIpc) is 3.07. The van der Waals surface area contributed by atoms with Gasteiger partial charge in [0.1, 0.15) is 16.2 Å². The zero-order chi connectivity index (χ0) is 19.2. The molecule has 0 saturated carbocycles. The molecular formula is C17H13F2N3O3S2. The van der Waals surface area contributed by atoms with Crippen molar-refractivity contribution in [3.8, 4) is 11.5 Å². The highest BCUT2D eigenvalue weighted by molar-refractivity contribution is 8.00. The third kappa shape index (κ3) is 3.54. The third-order valence-electron chi connectivity index (χ3n) is 3.96. The van der Waals surface area contributed by atoms with Crippen LogP contribution in [0.4, 0.5) is 14.5 Å². The number of nitrogens with zero attached hydrogens (tertiary/aromatic N) is 2. The first-order valence-electron chi connectivity index (χ1n) is 7.85. The Hall–Kier alpha value is -2.46. The lowest BCUT2D eigenvalue weighted by Gasteiger charge is -2.06. The van der Waals surface area contributed by atoms with Crippen LogP contribution in [0.1, 0.15) is 10.4 Å². The fourth-order valence-corrected chi connectivity index (χ4v) is 4.53. The van der Waals surface area contributed by atoms with E-state index in [9.17, 15) is 13.6 Å². The molecule has 0 spiro atoms. The van der Waals surface area contributed by atoms with E-state index in [0.717, 1.165) is 25.7 Å². The Labute approximate surface area is 160 Å². The van der Waals surface area contributed by atoms with Gasteiger partial charge in [-0.1, -0.05) is 11.8 Å². The quantitative estimate of drug-likeness (QED) is 0.510. The fourth-order valence-electron chi connectivity index (χ4n) is 2.62. The summed E-state index contributed by atoms with van der Waals surface area (Å²) in [7, 11) is 0. The lowest BCUT2D eigenvalue weighted by molar-refractivity contribution is -0.286. The van der Waals surface area contributed by atoms with E-state index in [-0.39, 0.29) is 23.2 Å². The smallest absolute Gasteiger partial charge is 0.395 e. The summed E-state index contributed by atoms with van der Waals surface area (Å²) in [5, 5.41) is 4.36. The number of carbonyl (C=O) groups is 1. The third-order valence-corrected chi connectivity index (χ3v) is 6.06. The summed E-state index contributed by atoms with van der Waals surface area (Å²) in [5.41, 5.74) is 1.45. The number of hydrogen-bond donors (Lipinski definition) is 1. The number of fused-ring (bicyclic) bond motifs is 2. The van der Waals surface area contributed by atoms with E-state index in [1.54, 1.807) is 11.3 Å². The van der Waals surface area contributed by atoms with Crippen molar-refractivity contribution < 1.29 is 23.0 Å². The molecule has 3 heterocycles. The Kier molecular flexibility index (Phi) is 4.39. The number of ether oxygens (including phenoxy) is 2. The van der Waals surface area contributed by atoms with Gasteiger partial charge >= 0.3 is 6.29 Å². The van der Waals surface area contributed by atoms with E-state index >= 15 is 0 Å². The second kappa shape index (κ2) is 6.61. The van der Waals surface area contributed by atoms with E-state index in [1.165, 1.54) is 36.3 Å². The highest BCUT2D eigenvalue weighted by Gasteiger charge is 2.43. The maximum Gasteiger partial charge on any atom is 0.586 e. The van der Waals surface area contributed by atoms with E-state index in [1.807, 2.05) is 13.8 Å². The number of carbonyl (C=O) groups excluding carboxylic acids is 1. The molecule has 1 aliphatic rings. The van der Waals surface area contributed by atoms with Crippen LogP contribution in [-0.2, 0) is 4.79 Å². The number of hydrogen-bond acceptors (Lipinski definition) is 7. The van der Waals surface area contributed by atoms with Gasteiger partial charge in [0.15, 0.2) is 11.5 Å². The molecule has 0 bridgehead atoms. The first kappa shape index (κ1) is 17.9. The van der Waals surface area contributed by atoms with Crippen molar-refractivity contribution in [1.82, 2.24) is 9.97 Å². The molecule has 0 atom stereocenters. The largest absolute Gasteiger partial charge is 0.586 e. The molecule has 4 rings (SSSR count). The van der Waals surface area contributed by atoms with Crippen molar-refractivity contribution in [1.29, 1.82) is 0 Å². The molecule has 0 aliphatic carbocycles. The van der Waals surface area contributed by atoms with Crippen LogP contribution in [0.25, 0.3) is 10.2 Å². The summed E-state index contributed by atoms with van der Waals surface area (Å²) in [4.78, 5) is 22.8. The molecule has 1 aromatic carbocycles. The van der Waals surface area contributed by atoms with Crippen LogP contribution in [0.3, 0.4) is 0 Å². The summed E-state index contributed by atoms with van der Waals surface area (Å²) in [6, 6.07) is 4.10. The molecule has 140 valence electrons. The summed E-state index contributed by atoms with van der Waals surface area (Å²) in [5.74, 6) is -0.362. The minimum absolute atomic E-state index is 0.0703. The van der Waals surface area contributed by atoms with Crippen LogP contribution in [-0.4, -0.2) is 27.9 Å². The van der Waals surface area contributed by atoms with Crippen molar-refractivity contribution >= 4 is 44.9 Å². The van der Waals surface area contributed by atoms with E-state index < -0.39 is 6.29 Å². The molecule has 1 amide bonds. The number of alkyl halides is 2. The van der Waals surface area contributed by atoms with Gasteiger partial charge in [-0.25, -0.2) is 9.97 Å². The number of thioether (sulfide) groups is 1. The lowest BCUT2D eigenvalue weighted by Crippen LogP contribution is -2.25. The van der Waals surface area contributed by atoms with Gasteiger partial charge in [-0.3, -0.25) is 4.79 Å². The molecular weight excluding hydrogens is 396 g/mol. The fraction of sp³-hybridized carbons (Fsp3) is 0.235. The Balaban J connectivity index is 1.44. The van der Waals surface area contributed by atoms with Gasteiger partial charge in [0, 0.05) is 22.0 Å². The molecule has 0 unspecified atom stereocenters. The van der Waals surface area contributed by atoms with Crippen LogP contribution in [0.15, 0.2) is 29.6 Å². The zero-order valence-corrected chi connectivity index (χ0v) is 15.8. The number of benzene rings is 1. The summed E-state index contributed by atoms with van der Waals surface area (Å²) in [6.45, 7) is 4.02. The van der Waals surface area contributed by atoms with Crippen molar-refractivity contribution in [2.24, 2.45) is 0 Å². The van der Waals surface area contributed by atoms with Gasteiger partial charge in [-0.2, -0.15) is 0 Å². The normalized spacial score (nSPS) is 14.5. The summed E-state index contributed by atoms with van der Waals surface area (Å²) >= 11 is 2.89. The maximum atomic E-state index is 13.1. The van der Waals surface area contributed by atoms with Crippen molar-refractivity contribution in [2.45, 2.75) is 25.2 Å². The molecule has 1 aliphatic heterocycles. The highest BCUT2D eigenvalue weighted by Crippen LogP contribution is 2.42. The van der Waals surface area contributed by atoms with E-state index in [0.29, 0.717) is 5.69 Å². The van der Waals surface area contributed by atoms with Gasteiger partial charge < -0.3 is 14.8 Å². The number of thiophene rings is 1. The topological polar surface area (TPSA) is 73.3 Å². The average molecular weight is 409 g/mol. The molecule has 27 heavy (non-hydrogen) atoms. The number of amides is 1. The van der Waals surface area contributed by atoms with Crippen molar-refractivity contribution in [2.75, 3.05) is 11.1 Å². The molecule has 3 aromatic rings. The second-order valence-electron chi connectivity index (χ2n) is 5.81. The van der Waals surface area contributed by atoms with Gasteiger partial charge in [0.2, 0.25) is 5.91 Å². The Morgan fingerprint density at radius 2 is 2.04 bits per heavy atom. The lowest BCUT2D eigenvalue weighted by atomic mass is 10.2. The van der Waals surface area contributed by atoms with Crippen LogP contribution in [0, 0.1) is 13.8 Å². The minimum atomic E-state index is -3.68. The Morgan fingerprint density at radius 1 is 1.26 bits per heavy atom. The number of nitrogens with one attached hydrogen (secondary N) is 1. The molecule has 0 fully saturated rings. The monoisotopic (exact) mass is 409 g/mol. The maximum absolute atomic E-state index is 13.1. The zero-order valence-electron chi connectivity index (χ0n) is 14.2. The predicted molar refractivity (Wildman–Crippen MR) is 98.9 cm³/mol. The first-order valence-corrected chi connectivity index (χ1v) is 9.66. The van der Waals surface area contributed by atoms with E-state index in [2.05, 4.69) is 24.8 Å². The standard InChI is InChI=1S/C17H13F2N3O3S2/c1-8-9(2)27-16-14(8)15(20-7-21-16)26-6-13(23)22-10-3-4-11-12(5-10)25-17(18,19)24-11/h3-5,7H,6H2,1-2H3,(H,22,23). The van der Waals surface area contributed by atoms with Crippen molar-refractivity contribution in [3.05, 3.63) is 35.0 Å². The van der Waals surface area contributed by atoms with E-state index in [4.69, 9.17) is 0 Å². The minimum Gasteiger partial charge on any atom is -0.395 e. The van der Waals surface area contributed by atoms with Crippen LogP contribution < -0.4 is 14.8 Å². The predicted octanol–water partition coefficient (Wildman–Crippen LogP) is 4.36.